The second-order valence-corrected chi connectivity index (χ2v) is 5.35. The van der Waals surface area contributed by atoms with Gasteiger partial charge in [-0.1, -0.05) is 55.0 Å². The molecule has 0 aromatic heterocycles. The summed E-state index contributed by atoms with van der Waals surface area (Å²) in [4.78, 5) is 0. The molecule has 1 rings (SSSR count). The van der Waals surface area contributed by atoms with Crippen LogP contribution in [0.25, 0.3) is 0 Å². The van der Waals surface area contributed by atoms with Crippen LogP contribution in [-0.4, -0.2) is 5.33 Å². The molecule has 0 atom stereocenters. The molecular formula is C12H23Br. The van der Waals surface area contributed by atoms with Crippen LogP contribution in [0.4, 0.5) is 0 Å². The van der Waals surface area contributed by atoms with E-state index in [0.29, 0.717) is 0 Å². The van der Waals surface area contributed by atoms with Crippen molar-refractivity contribution in [1.29, 1.82) is 0 Å². The second kappa shape index (κ2) is 6.06. The molecular weight excluding hydrogens is 224 g/mol. The standard InChI is InChI=1S/C12H23Br/c1-2-12(9-5-6-10-12)8-4-3-7-11-13/h2-11H2,1H3. The molecule has 1 fully saturated rings. The minimum absolute atomic E-state index is 0.770. The average molecular weight is 247 g/mol. The van der Waals surface area contributed by atoms with Crippen molar-refractivity contribution in [2.45, 2.75) is 64.7 Å². The molecule has 0 radical (unpaired) electrons. The summed E-state index contributed by atoms with van der Waals surface area (Å²) in [7, 11) is 0. The summed E-state index contributed by atoms with van der Waals surface area (Å²) < 4.78 is 0. The zero-order valence-electron chi connectivity index (χ0n) is 8.95. The Morgan fingerprint density at radius 3 is 2.31 bits per heavy atom. The van der Waals surface area contributed by atoms with E-state index < -0.39 is 0 Å². The number of hydrogen-bond donors (Lipinski definition) is 0. The van der Waals surface area contributed by atoms with Gasteiger partial charge in [-0.05, 0) is 31.1 Å². The lowest BCUT2D eigenvalue weighted by Gasteiger charge is -2.27. The largest absolute Gasteiger partial charge is 0.0928 e. The highest BCUT2D eigenvalue weighted by Gasteiger charge is 2.30. The summed E-state index contributed by atoms with van der Waals surface area (Å²) in [6.45, 7) is 2.38. The van der Waals surface area contributed by atoms with Crippen LogP contribution in [0.2, 0.25) is 0 Å². The maximum atomic E-state index is 3.49. The van der Waals surface area contributed by atoms with Crippen molar-refractivity contribution in [3.8, 4) is 0 Å². The minimum atomic E-state index is 0.770. The molecule has 0 heterocycles. The molecule has 13 heavy (non-hydrogen) atoms. The Bertz CT molecular complexity index is 125. The molecule has 0 spiro atoms. The van der Waals surface area contributed by atoms with Gasteiger partial charge in [-0.25, -0.2) is 0 Å². The zero-order valence-corrected chi connectivity index (χ0v) is 10.5. The van der Waals surface area contributed by atoms with Gasteiger partial charge in [-0.15, -0.1) is 0 Å². The molecule has 0 bridgehead atoms. The van der Waals surface area contributed by atoms with E-state index in [1.165, 1.54) is 63.1 Å². The van der Waals surface area contributed by atoms with Crippen molar-refractivity contribution in [2.24, 2.45) is 5.41 Å². The van der Waals surface area contributed by atoms with Gasteiger partial charge >= 0.3 is 0 Å². The van der Waals surface area contributed by atoms with E-state index in [4.69, 9.17) is 0 Å². The fraction of sp³-hybridized carbons (Fsp3) is 1.00. The van der Waals surface area contributed by atoms with E-state index in [1.54, 1.807) is 0 Å². The summed E-state index contributed by atoms with van der Waals surface area (Å²) in [6, 6.07) is 0. The second-order valence-electron chi connectivity index (χ2n) is 4.56. The minimum Gasteiger partial charge on any atom is -0.0928 e. The molecule has 0 aromatic carbocycles. The van der Waals surface area contributed by atoms with E-state index in [1.807, 2.05) is 0 Å². The van der Waals surface area contributed by atoms with Crippen LogP contribution in [-0.2, 0) is 0 Å². The van der Waals surface area contributed by atoms with Gasteiger partial charge in [0.2, 0.25) is 0 Å². The Morgan fingerprint density at radius 2 is 1.77 bits per heavy atom. The molecule has 0 aliphatic heterocycles. The summed E-state index contributed by atoms with van der Waals surface area (Å²) >= 11 is 3.49. The normalized spacial score (nSPS) is 20.8. The first-order valence-electron chi connectivity index (χ1n) is 5.89. The van der Waals surface area contributed by atoms with Crippen molar-refractivity contribution in [1.82, 2.24) is 0 Å². The van der Waals surface area contributed by atoms with Crippen molar-refractivity contribution in [3.05, 3.63) is 0 Å². The van der Waals surface area contributed by atoms with Crippen LogP contribution in [0.5, 0.6) is 0 Å². The van der Waals surface area contributed by atoms with Crippen molar-refractivity contribution in [3.63, 3.8) is 0 Å². The molecule has 0 saturated heterocycles. The highest BCUT2D eigenvalue weighted by molar-refractivity contribution is 9.09. The zero-order chi connectivity index (χ0) is 9.57. The Kier molecular flexibility index (Phi) is 5.38. The average Bonchev–Trinajstić information content (AvgIpc) is 2.62. The molecule has 78 valence electrons. The topological polar surface area (TPSA) is 0 Å². The van der Waals surface area contributed by atoms with Crippen LogP contribution in [0.15, 0.2) is 0 Å². The van der Waals surface area contributed by atoms with E-state index in [0.717, 1.165) is 5.41 Å². The van der Waals surface area contributed by atoms with Crippen LogP contribution in [0.3, 0.4) is 0 Å². The maximum absolute atomic E-state index is 3.49. The highest BCUT2D eigenvalue weighted by atomic mass is 79.9. The maximum Gasteiger partial charge on any atom is 0.00313 e. The van der Waals surface area contributed by atoms with Gasteiger partial charge in [-0.2, -0.15) is 0 Å². The van der Waals surface area contributed by atoms with Crippen LogP contribution in [0, 0.1) is 5.41 Å². The van der Waals surface area contributed by atoms with Gasteiger partial charge < -0.3 is 0 Å². The lowest BCUT2D eigenvalue weighted by Crippen LogP contribution is -2.14. The lowest BCUT2D eigenvalue weighted by molar-refractivity contribution is 0.250. The van der Waals surface area contributed by atoms with Crippen molar-refractivity contribution >= 4 is 15.9 Å². The Balaban J connectivity index is 2.16. The fourth-order valence-electron chi connectivity index (χ4n) is 2.68. The van der Waals surface area contributed by atoms with Gasteiger partial charge in [0.25, 0.3) is 0 Å². The van der Waals surface area contributed by atoms with Gasteiger partial charge in [0.1, 0.15) is 0 Å². The molecule has 0 aromatic rings. The Morgan fingerprint density at radius 1 is 1.08 bits per heavy atom. The molecule has 0 unspecified atom stereocenters. The number of rotatable bonds is 6. The monoisotopic (exact) mass is 246 g/mol. The third kappa shape index (κ3) is 3.61. The number of halogens is 1. The molecule has 0 amide bonds. The predicted molar refractivity (Wildman–Crippen MR) is 63.5 cm³/mol. The summed E-state index contributed by atoms with van der Waals surface area (Å²) in [5.74, 6) is 0. The third-order valence-corrected chi connectivity index (χ3v) is 4.32. The Hall–Kier alpha value is 0.480. The smallest absolute Gasteiger partial charge is 0.00313 e. The van der Waals surface area contributed by atoms with E-state index >= 15 is 0 Å². The van der Waals surface area contributed by atoms with Gasteiger partial charge in [0, 0.05) is 5.33 Å². The van der Waals surface area contributed by atoms with E-state index in [-0.39, 0.29) is 0 Å². The summed E-state index contributed by atoms with van der Waals surface area (Å²) in [6.07, 6.45) is 13.2. The summed E-state index contributed by atoms with van der Waals surface area (Å²) in [5.41, 5.74) is 0.770. The first-order chi connectivity index (χ1) is 6.33. The van der Waals surface area contributed by atoms with Gasteiger partial charge in [-0.3, -0.25) is 0 Å². The SMILES string of the molecule is CCC1(CCCCCBr)CCCC1. The number of unbranched alkanes of at least 4 members (excludes halogenated alkanes) is 2. The molecule has 1 aliphatic carbocycles. The summed E-state index contributed by atoms with van der Waals surface area (Å²) in [5, 5.41) is 1.19. The first-order valence-corrected chi connectivity index (χ1v) is 7.01. The van der Waals surface area contributed by atoms with Gasteiger partial charge in [0.15, 0.2) is 0 Å². The van der Waals surface area contributed by atoms with Crippen molar-refractivity contribution in [2.75, 3.05) is 5.33 Å². The molecule has 1 heteroatoms. The van der Waals surface area contributed by atoms with E-state index in [2.05, 4.69) is 22.9 Å². The van der Waals surface area contributed by atoms with Crippen molar-refractivity contribution < 1.29 is 0 Å². The third-order valence-electron chi connectivity index (χ3n) is 3.75. The van der Waals surface area contributed by atoms with Crippen LogP contribution >= 0.6 is 15.9 Å². The fourth-order valence-corrected chi connectivity index (χ4v) is 3.07. The molecule has 1 saturated carbocycles. The number of alkyl halides is 1. The van der Waals surface area contributed by atoms with Crippen LogP contribution in [0.1, 0.15) is 64.7 Å². The van der Waals surface area contributed by atoms with Gasteiger partial charge in [0.05, 0.1) is 0 Å². The predicted octanol–water partition coefficient (Wildman–Crippen LogP) is 4.91. The quantitative estimate of drug-likeness (QED) is 0.462. The van der Waals surface area contributed by atoms with Crippen LogP contribution < -0.4 is 0 Å². The first kappa shape index (κ1) is 11.6. The Labute approximate surface area is 91.6 Å². The van der Waals surface area contributed by atoms with E-state index in [9.17, 15) is 0 Å². The lowest BCUT2D eigenvalue weighted by atomic mass is 9.79. The molecule has 0 nitrogen and oxygen atoms in total. The highest BCUT2D eigenvalue weighted by Crippen LogP contribution is 2.44. The molecule has 1 aliphatic rings. The number of hydrogen-bond acceptors (Lipinski definition) is 0. The molecule has 0 N–H and O–H groups in total.